The molecular formula is C15H19N3O3. The van der Waals surface area contributed by atoms with E-state index in [0.717, 1.165) is 23.3 Å². The van der Waals surface area contributed by atoms with Gasteiger partial charge in [-0.2, -0.15) is 0 Å². The van der Waals surface area contributed by atoms with Gasteiger partial charge in [-0.1, -0.05) is 36.3 Å². The number of hydrogen-bond donors (Lipinski definition) is 1. The highest BCUT2D eigenvalue weighted by atomic mass is 16.5. The van der Waals surface area contributed by atoms with Crippen LogP contribution in [0.25, 0.3) is 0 Å². The van der Waals surface area contributed by atoms with Crippen molar-refractivity contribution in [2.24, 2.45) is 0 Å². The predicted octanol–water partition coefficient (Wildman–Crippen LogP) is 2.29. The van der Waals surface area contributed by atoms with Gasteiger partial charge in [0.2, 0.25) is 0 Å². The van der Waals surface area contributed by atoms with Crippen LogP contribution >= 0.6 is 0 Å². The maximum atomic E-state index is 11.2. The highest BCUT2D eigenvalue weighted by molar-refractivity contribution is 5.86. The molecule has 0 radical (unpaired) electrons. The highest BCUT2D eigenvalue weighted by Gasteiger charge is 2.19. The molecule has 6 nitrogen and oxygen atoms in total. The van der Waals surface area contributed by atoms with Crippen LogP contribution in [0.5, 0.6) is 5.75 Å². The smallest absolute Gasteiger partial charge is 0.358 e. The Kier molecular flexibility index (Phi) is 4.57. The minimum Gasteiger partial charge on any atom is -0.496 e. The summed E-state index contributed by atoms with van der Waals surface area (Å²) >= 11 is 0. The third kappa shape index (κ3) is 3.21. The van der Waals surface area contributed by atoms with Crippen molar-refractivity contribution in [2.45, 2.75) is 33.2 Å². The summed E-state index contributed by atoms with van der Waals surface area (Å²) in [5.74, 6) is -0.281. The van der Waals surface area contributed by atoms with Gasteiger partial charge in [-0.25, -0.2) is 9.48 Å². The Morgan fingerprint density at radius 1 is 1.43 bits per heavy atom. The van der Waals surface area contributed by atoms with Crippen LogP contribution in [-0.2, 0) is 13.0 Å². The number of methoxy groups -OCH3 is 1. The third-order valence-corrected chi connectivity index (χ3v) is 3.28. The van der Waals surface area contributed by atoms with Gasteiger partial charge in [-0.15, -0.1) is 5.10 Å². The summed E-state index contributed by atoms with van der Waals surface area (Å²) in [6.07, 6.45) is 1.46. The summed E-state index contributed by atoms with van der Waals surface area (Å²) in [5, 5.41) is 16.9. The number of aromatic carboxylic acids is 1. The molecule has 0 amide bonds. The van der Waals surface area contributed by atoms with Crippen LogP contribution < -0.4 is 4.74 Å². The van der Waals surface area contributed by atoms with Crippen molar-refractivity contribution in [1.29, 1.82) is 0 Å². The molecule has 1 aromatic carbocycles. The van der Waals surface area contributed by atoms with Crippen molar-refractivity contribution in [2.75, 3.05) is 7.11 Å². The van der Waals surface area contributed by atoms with Crippen molar-refractivity contribution in [3.05, 3.63) is 40.7 Å². The SMILES string of the molecule is CCCc1c(C(=O)O)nnn1Cc1cc(C)ccc1OC. The fraction of sp³-hybridized carbons (Fsp3) is 0.400. The van der Waals surface area contributed by atoms with E-state index in [0.29, 0.717) is 18.7 Å². The zero-order valence-corrected chi connectivity index (χ0v) is 12.5. The predicted molar refractivity (Wildman–Crippen MR) is 77.8 cm³/mol. The van der Waals surface area contributed by atoms with E-state index < -0.39 is 5.97 Å². The molecule has 0 saturated carbocycles. The van der Waals surface area contributed by atoms with E-state index in [4.69, 9.17) is 4.74 Å². The minimum atomic E-state index is -1.04. The first-order valence-electron chi connectivity index (χ1n) is 6.86. The van der Waals surface area contributed by atoms with Gasteiger partial charge in [0, 0.05) is 5.56 Å². The number of aryl methyl sites for hydroxylation is 1. The van der Waals surface area contributed by atoms with Gasteiger partial charge in [-0.3, -0.25) is 0 Å². The molecule has 0 spiro atoms. The van der Waals surface area contributed by atoms with E-state index in [1.807, 2.05) is 32.0 Å². The van der Waals surface area contributed by atoms with Gasteiger partial charge < -0.3 is 9.84 Å². The van der Waals surface area contributed by atoms with Crippen LogP contribution in [0.3, 0.4) is 0 Å². The lowest BCUT2D eigenvalue weighted by Gasteiger charge is -2.11. The number of carboxylic acid groups (broad SMARTS) is 1. The molecular weight excluding hydrogens is 270 g/mol. The molecule has 2 rings (SSSR count). The number of ether oxygens (including phenoxy) is 1. The van der Waals surface area contributed by atoms with Crippen molar-refractivity contribution >= 4 is 5.97 Å². The van der Waals surface area contributed by atoms with E-state index in [1.54, 1.807) is 11.8 Å². The topological polar surface area (TPSA) is 77.2 Å². The van der Waals surface area contributed by atoms with Crippen molar-refractivity contribution in [3.63, 3.8) is 0 Å². The van der Waals surface area contributed by atoms with Gasteiger partial charge in [0.05, 0.1) is 19.3 Å². The molecule has 0 saturated heterocycles. The molecule has 0 fully saturated rings. The van der Waals surface area contributed by atoms with Crippen molar-refractivity contribution in [1.82, 2.24) is 15.0 Å². The third-order valence-electron chi connectivity index (χ3n) is 3.28. The lowest BCUT2D eigenvalue weighted by molar-refractivity contribution is 0.0689. The summed E-state index contributed by atoms with van der Waals surface area (Å²) in [6, 6.07) is 5.88. The summed E-state index contributed by atoms with van der Waals surface area (Å²) < 4.78 is 6.99. The second-order valence-corrected chi connectivity index (χ2v) is 4.91. The van der Waals surface area contributed by atoms with E-state index in [-0.39, 0.29) is 5.69 Å². The van der Waals surface area contributed by atoms with E-state index in [2.05, 4.69) is 10.3 Å². The van der Waals surface area contributed by atoms with E-state index >= 15 is 0 Å². The summed E-state index contributed by atoms with van der Waals surface area (Å²) in [7, 11) is 1.62. The van der Waals surface area contributed by atoms with E-state index in [1.165, 1.54) is 0 Å². The van der Waals surface area contributed by atoms with Crippen LogP contribution in [0.2, 0.25) is 0 Å². The number of nitrogens with zero attached hydrogens (tertiary/aromatic N) is 3. The molecule has 1 aromatic heterocycles. The average Bonchev–Trinajstić information content (AvgIpc) is 2.83. The Balaban J connectivity index is 2.39. The quantitative estimate of drug-likeness (QED) is 0.883. The molecule has 0 bridgehead atoms. The van der Waals surface area contributed by atoms with Crippen LogP contribution in [0.1, 0.15) is 40.7 Å². The fourth-order valence-electron chi connectivity index (χ4n) is 2.30. The van der Waals surface area contributed by atoms with Crippen LogP contribution in [0.15, 0.2) is 18.2 Å². The molecule has 1 N–H and O–H groups in total. The van der Waals surface area contributed by atoms with Crippen LogP contribution in [0, 0.1) is 6.92 Å². The first-order valence-corrected chi connectivity index (χ1v) is 6.86. The summed E-state index contributed by atoms with van der Waals surface area (Å²) in [6.45, 7) is 4.44. The van der Waals surface area contributed by atoms with Gasteiger partial charge in [0.25, 0.3) is 0 Å². The molecule has 0 atom stereocenters. The Labute approximate surface area is 123 Å². The molecule has 1 heterocycles. The van der Waals surface area contributed by atoms with Crippen molar-refractivity contribution in [3.8, 4) is 5.75 Å². The Bertz CT molecular complexity index is 650. The number of rotatable bonds is 6. The Hall–Kier alpha value is -2.37. The van der Waals surface area contributed by atoms with Crippen LogP contribution in [-0.4, -0.2) is 33.2 Å². The molecule has 0 aliphatic rings. The molecule has 0 aliphatic heterocycles. The Morgan fingerprint density at radius 3 is 2.81 bits per heavy atom. The normalized spacial score (nSPS) is 10.6. The second kappa shape index (κ2) is 6.39. The maximum Gasteiger partial charge on any atom is 0.358 e. The van der Waals surface area contributed by atoms with Crippen LogP contribution in [0.4, 0.5) is 0 Å². The first kappa shape index (κ1) is 15.0. The highest BCUT2D eigenvalue weighted by Crippen LogP contribution is 2.21. The number of benzene rings is 1. The lowest BCUT2D eigenvalue weighted by Crippen LogP contribution is -2.10. The van der Waals surface area contributed by atoms with Gasteiger partial charge >= 0.3 is 5.97 Å². The van der Waals surface area contributed by atoms with E-state index in [9.17, 15) is 9.90 Å². The number of carboxylic acids is 1. The zero-order valence-electron chi connectivity index (χ0n) is 12.5. The fourth-order valence-corrected chi connectivity index (χ4v) is 2.30. The maximum absolute atomic E-state index is 11.2. The lowest BCUT2D eigenvalue weighted by atomic mass is 10.1. The summed E-state index contributed by atoms with van der Waals surface area (Å²) in [5.41, 5.74) is 2.75. The summed E-state index contributed by atoms with van der Waals surface area (Å²) in [4.78, 5) is 11.2. The Morgan fingerprint density at radius 2 is 2.19 bits per heavy atom. The largest absolute Gasteiger partial charge is 0.496 e. The molecule has 21 heavy (non-hydrogen) atoms. The van der Waals surface area contributed by atoms with Gasteiger partial charge in [0.1, 0.15) is 5.75 Å². The molecule has 0 unspecified atom stereocenters. The number of aromatic nitrogens is 3. The molecule has 0 aliphatic carbocycles. The molecule has 6 heteroatoms. The van der Waals surface area contributed by atoms with Gasteiger partial charge in [0.15, 0.2) is 5.69 Å². The standard InChI is InChI=1S/C15H19N3O3/c1-4-5-12-14(15(19)20)16-17-18(12)9-11-8-10(2)6-7-13(11)21-3/h6-8H,4-5,9H2,1-3H3,(H,19,20). The zero-order chi connectivity index (χ0) is 15.4. The van der Waals surface area contributed by atoms with Crippen molar-refractivity contribution < 1.29 is 14.6 Å². The monoisotopic (exact) mass is 289 g/mol. The molecule has 2 aromatic rings. The minimum absolute atomic E-state index is 0.0310. The second-order valence-electron chi connectivity index (χ2n) is 4.91. The molecule has 112 valence electrons. The number of hydrogen-bond acceptors (Lipinski definition) is 4. The first-order chi connectivity index (χ1) is 10.1. The van der Waals surface area contributed by atoms with Gasteiger partial charge in [-0.05, 0) is 19.4 Å². The average molecular weight is 289 g/mol. The number of carbonyl (C=O) groups is 1.